The topological polar surface area (TPSA) is 101 Å². The van der Waals surface area contributed by atoms with Gasteiger partial charge in [0.25, 0.3) is 11.6 Å². The highest BCUT2D eigenvalue weighted by molar-refractivity contribution is 6.31. The number of hydrogen-bond donors (Lipinski definition) is 2. The highest BCUT2D eigenvalue weighted by atomic mass is 35.5. The van der Waals surface area contributed by atoms with Crippen molar-refractivity contribution >= 4 is 29.1 Å². The van der Waals surface area contributed by atoms with E-state index in [2.05, 4.69) is 17.6 Å². The molecule has 140 valence electrons. The van der Waals surface area contributed by atoms with Gasteiger partial charge >= 0.3 is 0 Å². The highest BCUT2D eigenvalue weighted by Crippen LogP contribution is 2.37. The highest BCUT2D eigenvalue weighted by Gasteiger charge is 2.40. The van der Waals surface area contributed by atoms with Crippen LogP contribution in [-0.2, 0) is 4.79 Å². The molecule has 1 heterocycles. The summed E-state index contributed by atoms with van der Waals surface area (Å²) in [5.74, 6) is 0.387. The fourth-order valence-corrected chi connectivity index (χ4v) is 4.44. The summed E-state index contributed by atoms with van der Waals surface area (Å²) in [7, 11) is 0. The Kier molecular flexibility index (Phi) is 5.46. The molecule has 1 aromatic rings. The third-order valence-corrected chi connectivity index (χ3v) is 5.80. The summed E-state index contributed by atoms with van der Waals surface area (Å²) >= 11 is 5.90. The first-order valence-corrected chi connectivity index (χ1v) is 9.31. The van der Waals surface area contributed by atoms with Crippen LogP contribution in [0.2, 0.25) is 5.02 Å². The normalized spacial score (nSPS) is 28.0. The average Bonchev–Trinajstić information content (AvgIpc) is 2.60. The largest absolute Gasteiger partial charge is 0.353 e. The van der Waals surface area contributed by atoms with Gasteiger partial charge in [-0.1, -0.05) is 24.9 Å². The number of fused-ring (bicyclic) bond motifs is 1. The third kappa shape index (κ3) is 3.82. The Labute approximate surface area is 156 Å². The Morgan fingerprint density at radius 2 is 2.19 bits per heavy atom. The summed E-state index contributed by atoms with van der Waals surface area (Å²) in [6.07, 6.45) is 3.91. The maximum Gasteiger partial charge on any atom is 0.282 e. The number of rotatable bonds is 4. The second-order valence-electron chi connectivity index (χ2n) is 7.11. The van der Waals surface area contributed by atoms with Crippen LogP contribution in [0.15, 0.2) is 18.2 Å². The Morgan fingerprint density at radius 3 is 2.88 bits per heavy atom. The van der Waals surface area contributed by atoms with Gasteiger partial charge in [-0.3, -0.25) is 19.7 Å². The number of hydrogen-bond acceptors (Lipinski definition) is 4. The van der Waals surface area contributed by atoms with Crippen LogP contribution >= 0.6 is 11.6 Å². The Hall–Kier alpha value is -2.15. The van der Waals surface area contributed by atoms with Crippen LogP contribution in [0.25, 0.3) is 0 Å². The Morgan fingerprint density at radius 1 is 1.42 bits per heavy atom. The SMILES string of the molecule is CCC1CC(=O)NC2CC(NC(=O)c3cc(Cl)ccc3[N+](=O)[O-])CCC12. The second-order valence-corrected chi connectivity index (χ2v) is 7.55. The second kappa shape index (κ2) is 7.61. The molecule has 1 saturated carbocycles. The summed E-state index contributed by atoms with van der Waals surface area (Å²) in [6.45, 7) is 2.10. The number of amides is 2. The molecule has 1 saturated heterocycles. The summed E-state index contributed by atoms with van der Waals surface area (Å²) in [5.41, 5.74) is -0.304. The van der Waals surface area contributed by atoms with Gasteiger partial charge in [0.15, 0.2) is 0 Å². The molecule has 7 nitrogen and oxygen atoms in total. The number of nitro benzene ring substituents is 1. The minimum atomic E-state index is -0.588. The molecule has 4 unspecified atom stereocenters. The number of nitrogens with zero attached hydrogens (tertiary/aromatic N) is 1. The van der Waals surface area contributed by atoms with Crippen molar-refractivity contribution in [2.45, 2.75) is 51.1 Å². The van der Waals surface area contributed by atoms with E-state index in [1.807, 2.05) is 0 Å². The van der Waals surface area contributed by atoms with Crippen LogP contribution in [0, 0.1) is 22.0 Å². The Bertz CT molecular complexity index is 739. The minimum Gasteiger partial charge on any atom is -0.353 e. The van der Waals surface area contributed by atoms with Crippen molar-refractivity contribution in [2.75, 3.05) is 0 Å². The summed E-state index contributed by atoms with van der Waals surface area (Å²) < 4.78 is 0. The van der Waals surface area contributed by atoms with E-state index in [0.29, 0.717) is 24.7 Å². The standard InChI is InChI=1S/C18H22ClN3O4/c1-2-10-7-17(23)21-15-9-12(4-5-13(10)15)20-18(24)14-8-11(19)3-6-16(14)22(25)26/h3,6,8,10,12-13,15H,2,4-5,7,9H2,1H3,(H,20,24)(H,21,23). The van der Waals surface area contributed by atoms with E-state index in [-0.39, 0.29) is 34.3 Å². The van der Waals surface area contributed by atoms with Crippen LogP contribution in [-0.4, -0.2) is 28.8 Å². The van der Waals surface area contributed by atoms with Gasteiger partial charge in [0.1, 0.15) is 5.56 Å². The molecular formula is C18H22ClN3O4. The lowest BCUT2D eigenvalue weighted by molar-refractivity contribution is -0.385. The molecular weight excluding hydrogens is 358 g/mol. The zero-order chi connectivity index (χ0) is 18.8. The molecule has 0 spiro atoms. The summed E-state index contributed by atoms with van der Waals surface area (Å²) in [6, 6.07) is 3.87. The number of nitrogens with one attached hydrogen (secondary N) is 2. The Balaban J connectivity index is 1.71. The van der Waals surface area contributed by atoms with Gasteiger partial charge in [0.2, 0.25) is 5.91 Å². The smallest absolute Gasteiger partial charge is 0.282 e. The number of carbonyl (C=O) groups is 2. The van der Waals surface area contributed by atoms with Gasteiger partial charge in [0.05, 0.1) is 4.92 Å². The van der Waals surface area contributed by atoms with E-state index < -0.39 is 10.8 Å². The minimum absolute atomic E-state index is 0.0382. The number of piperidine rings is 1. The van der Waals surface area contributed by atoms with Gasteiger partial charge in [-0.15, -0.1) is 0 Å². The van der Waals surface area contributed by atoms with E-state index in [4.69, 9.17) is 11.6 Å². The van der Waals surface area contributed by atoms with Gasteiger partial charge in [0, 0.05) is 29.6 Å². The molecule has 0 aromatic heterocycles. The molecule has 2 N–H and O–H groups in total. The predicted octanol–water partition coefficient (Wildman–Crippen LogP) is 3.06. The lowest BCUT2D eigenvalue weighted by Gasteiger charge is -2.44. The monoisotopic (exact) mass is 379 g/mol. The first-order valence-electron chi connectivity index (χ1n) is 8.93. The lowest BCUT2D eigenvalue weighted by atomic mass is 9.70. The first-order chi connectivity index (χ1) is 12.4. The average molecular weight is 380 g/mol. The lowest BCUT2D eigenvalue weighted by Crippen LogP contribution is -2.55. The molecule has 8 heteroatoms. The van der Waals surface area contributed by atoms with Crippen LogP contribution in [0.4, 0.5) is 5.69 Å². The van der Waals surface area contributed by atoms with Gasteiger partial charge in [-0.2, -0.15) is 0 Å². The molecule has 1 aliphatic carbocycles. The quantitative estimate of drug-likeness (QED) is 0.620. The van der Waals surface area contributed by atoms with Crippen molar-refractivity contribution in [1.82, 2.24) is 10.6 Å². The maximum absolute atomic E-state index is 12.6. The van der Waals surface area contributed by atoms with Crippen LogP contribution in [0.3, 0.4) is 0 Å². The first kappa shape index (κ1) is 18.6. The van der Waals surface area contributed by atoms with E-state index in [1.54, 1.807) is 0 Å². The molecule has 1 aromatic carbocycles. The van der Waals surface area contributed by atoms with Crippen LogP contribution < -0.4 is 10.6 Å². The molecule has 26 heavy (non-hydrogen) atoms. The van der Waals surface area contributed by atoms with E-state index in [1.165, 1.54) is 18.2 Å². The van der Waals surface area contributed by atoms with Crippen LogP contribution in [0.1, 0.15) is 49.4 Å². The number of nitro groups is 1. The zero-order valence-corrected chi connectivity index (χ0v) is 15.3. The van der Waals surface area contributed by atoms with E-state index >= 15 is 0 Å². The van der Waals surface area contributed by atoms with Gasteiger partial charge < -0.3 is 10.6 Å². The number of carbonyl (C=O) groups excluding carboxylic acids is 2. The number of halogens is 1. The van der Waals surface area contributed by atoms with Crippen molar-refractivity contribution in [1.29, 1.82) is 0 Å². The van der Waals surface area contributed by atoms with Crippen molar-refractivity contribution in [3.05, 3.63) is 38.9 Å². The maximum atomic E-state index is 12.6. The van der Waals surface area contributed by atoms with Crippen molar-refractivity contribution < 1.29 is 14.5 Å². The molecule has 2 aliphatic rings. The van der Waals surface area contributed by atoms with Crippen LogP contribution in [0.5, 0.6) is 0 Å². The zero-order valence-electron chi connectivity index (χ0n) is 14.5. The molecule has 2 amide bonds. The molecule has 0 bridgehead atoms. The fourth-order valence-electron chi connectivity index (χ4n) is 4.27. The molecule has 3 rings (SSSR count). The van der Waals surface area contributed by atoms with Crippen molar-refractivity contribution in [3.8, 4) is 0 Å². The number of benzene rings is 1. The van der Waals surface area contributed by atoms with Crippen molar-refractivity contribution in [2.24, 2.45) is 11.8 Å². The molecule has 2 fully saturated rings. The summed E-state index contributed by atoms with van der Waals surface area (Å²) in [4.78, 5) is 35.1. The molecule has 4 atom stereocenters. The van der Waals surface area contributed by atoms with Crippen molar-refractivity contribution in [3.63, 3.8) is 0 Å². The third-order valence-electron chi connectivity index (χ3n) is 5.56. The molecule has 0 radical (unpaired) electrons. The molecule has 1 aliphatic heterocycles. The van der Waals surface area contributed by atoms with Gasteiger partial charge in [-0.25, -0.2) is 0 Å². The summed E-state index contributed by atoms with van der Waals surface area (Å²) in [5, 5.41) is 17.4. The van der Waals surface area contributed by atoms with E-state index in [0.717, 1.165) is 19.3 Å². The van der Waals surface area contributed by atoms with Gasteiger partial charge in [-0.05, 0) is 43.2 Å². The predicted molar refractivity (Wildman–Crippen MR) is 97.0 cm³/mol. The fraction of sp³-hybridized carbons (Fsp3) is 0.556. The van der Waals surface area contributed by atoms with E-state index in [9.17, 15) is 19.7 Å².